The van der Waals surface area contributed by atoms with Crippen molar-refractivity contribution < 1.29 is 9.53 Å². The largest absolute Gasteiger partial charge is 0.488 e. The molecule has 0 fully saturated rings. The van der Waals surface area contributed by atoms with E-state index in [1.54, 1.807) is 11.3 Å². The summed E-state index contributed by atoms with van der Waals surface area (Å²) in [5.74, 6) is 1.33. The van der Waals surface area contributed by atoms with Crippen LogP contribution in [0.15, 0.2) is 30.3 Å². The third kappa shape index (κ3) is 2.68. The number of ether oxygens (including phenoxy) is 1. The van der Waals surface area contributed by atoms with Crippen LogP contribution in [0.5, 0.6) is 5.75 Å². The molecule has 1 atom stereocenters. The van der Waals surface area contributed by atoms with Gasteiger partial charge in [-0.1, -0.05) is 26.0 Å². The number of hydrogen-bond donors (Lipinski definition) is 1. The molecule has 0 saturated heterocycles. The first-order valence-corrected chi connectivity index (χ1v) is 8.03. The van der Waals surface area contributed by atoms with Gasteiger partial charge in [0.25, 0.3) is 5.91 Å². The van der Waals surface area contributed by atoms with Gasteiger partial charge in [-0.2, -0.15) is 0 Å². The predicted molar refractivity (Wildman–Crippen MR) is 85.9 cm³/mol. The molecule has 2 aromatic rings. The number of nitrogens with one attached hydrogen (secondary N) is 1. The number of fused-ring (bicyclic) bond motifs is 3. The van der Waals surface area contributed by atoms with E-state index in [1.807, 2.05) is 37.3 Å². The van der Waals surface area contributed by atoms with Crippen molar-refractivity contribution in [2.24, 2.45) is 5.92 Å². The first-order valence-electron chi connectivity index (χ1n) is 7.22. The van der Waals surface area contributed by atoms with E-state index in [2.05, 4.69) is 19.2 Å². The molecule has 3 nitrogen and oxygen atoms in total. The Balaban J connectivity index is 1.89. The SMILES string of the molecule is CC(C)C(C)NC(=O)c1cc2c(s1)-c1ccccc1OC2. The summed E-state index contributed by atoms with van der Waals surface area (Å²) in [6.07, 6.45) is 0. The number of hydrogen-bond acceptors (Lipinski definition) is 3. The molecule has 0 aliphatic carbocycles. The zero-order valence-electron chi connectivity index (χ0n) is 12.5. The monoisotopic (exact) mass is 301 g/mol. The Morgan fingerprint density at radius 2 is 2.05 bits per heavy atom. The van der Waals surface area contributed by atoms with Crippen LogP contribution in [0.2, 0.25) is 0 Å². The third-order valence-corrected chi connectivity index (χ3v) is 5.12. The summed E-state index contributed by atoms with van der Waals surface area (Å²) in [5.41, 5.74) is 2.18. The van der Waals surface area contributed by atoms with Gasteiger partial charge < -0.3 is 10.1 Å². The van der Waals surface area contributed by atoms with Crippen LogP contribution in [0.4, 0.5) is 0 Å². The van der Waals surface area contributed by atoms with Gasteiger partial charge in [0.1, 0.15) is 12.4 Å². The molecule has 1 amide bonds. The Bertz CT molecular complexity index is 675. The summed E-state index contributed by atoms with van der Waals surface area (Å²) in [6, 6.07) is 10.1. The maximum atomic E-state index is 12.3. The van der Waals surface area contributed by atoms with Crippen molar-refractivity contribution in [1.29, 1.82) is 0 Å². The Morgan fingerprint density at radius 3 is 2.81 bits per heavy atom. The lowest BCUT2D eigenvalue weighted by atomic mass is 10.1. The van der Waals surface area contributed by atoms with Gasteiger partial charge in [-0.15, -0.1) is 11.3 Å². The molecule has 21 heavy (non-hydrogen) atoms. The van der Waals surface area contributed by atoms with E-state index in [4.69, 9.17) is 4.74 Å². The first kappa shape index (κ1) is 14.1. The maximum Gasteiger partial charge on any atom is 0.261 e. The van der Waals surface area contributed by atoms with Crippen LogP contribution >= 0.6 is 11.3 Å². The number of thiophene rings is 1. The lowest BCUT2D eigenvalue weighted by Gasteiger charge is -2.16. The molecule has 1 aliphatic heterocycles. The molecular weight excluding hydrogens is 282 g/mol. The van der Waals surface area contributed by atoms with E-state index < -0.39 is 0 Å². The molecule has 1 aromatic carbocycles. The average Bonchev–Trinajstić information content (AvgIpc) is 2.91. The van der Waals surface area contributed by atoms with E-state index >= 15 is 0 Å². The molecule has 1 aromatic heterocycles. The van der Waals surface area contributed by atoms with Crippen molar-refractivity contribution in [1.82, 2.24) is 5.32 Å². The summed E-state index contributed by atoms with van der Waals surface area (Å²) >= 11 is 1.55. The maximum absolute atomic E-state index is 12.3. The molecule has 0 radical (unpaired) electrons. The van der Waals surface area contributed by atoms with E-state index in [1.165, 1.54) is 0 Å². The zero-order valence-corrected chi connectivity index (χ0v) is 13.3. The lowest BCUT2D eigenvalue weighted by Crippen LogP contribution is -2.35. The summed E-state index contributed by atoms with van der Waals surface area (Å²) < 4.78 is 5.74. The Hall–Kier alpha value is -1.81. The second-order valence-electron chi connectivity index (χ2n) is 5.76. The minimum absolute atomic E-state index is 0.00748. The molecule has 1 unspecified atom stereocenters. The van der Waals surface area contributed by atoms with Gasteiger partial charge >= 0.3 is 0 Å². The Kier molecular flexibility index (Phi) is 3.72. The van der Waals surface area contributed by atoms with Gasteiger partial charge in [0.2, 0.25) is 0 Å². The Morgan fingerprint density at radius 1 is 1.29 bits per heavy atom. The van der Waals surface area contributed by atoms with E-state index in [-0.39, 0.29) is 11.9 Å². The summed E-state index contributed by atoms with van der Waals surface area (Å²) in [6.45, 7) is 6.79. The highest BCUT2D eigenvalue weighted by Gasteiger charge is 2.23. The number of benzene rings is 1. The molecule has 0 spiro atoms. The van der Waals surface area contributed by atoms with Gasteiger partial charge in [-0.3, -0.25) is 4.79 Å². The van der Waals surface area contributed by atoms with Gasteiger partial charge in [0, 0.05) is 22.0 Å². The van der Waals surface area contributed by atoms with Crippen molar-refractivity contribution >= 4 is 17.2 Å². The fourth-order valence-electron chi connectivity index (χ4n) is 2.26. The summed E-state index contributed by atoms with van der Waals surface area (Å²) in [5, 5.41) is 3.06. The minimum atomic E-state index is 0.00748. The van der Waals surface area contributed by atoms with Crippen LogP contribution in [-0.4, -0.2) is 11.9 Å². The normalized spacial score (nSPS) is 14.1. The molecule has 1 N–H and O–H groups in total. The average molecular weight is 301 g/mol. The standard InChI is InChI=1S/C17H19NO2S/c1-10(2)11(3)18-17(19)15-8-12-9-20-14-7-5-4-6-13(14)16(12)21-15/h4-8,10-11H,9H2,1-3H3,(H,18,19). The highest BCUT2D eigenvalue weighted by Crippen LogP contribution is 2.42. The highest BCUT2D eigenvalue weighted by molar-refractivity contribution is 7.17. The van der Waals surface area contributed by atoms with Crippen molar-refractivity contribution in [3.8, 4) is 16.2 Å². The zero-order chi connectivity index (χ0) is 15.0. The second-order valence-corrected chi connectivity index (χ2v) is 6.81. The second kappa shape index (κ2) is 5.53. The van der Waals surface area contributed by atoms with E-state index in [9.17, 15) is 4.79 Å². The Labute approximate surface area is 129 Å². The molecule has 4 heteroatoms. The smallest absolute Gasteiger partial charge is 0.261 e. The summed E-state index contributed by atoms with van der Waals surface area (Å²) in [7, 11) is 0. The van der Waals surface area contributed by atoms with Crippen molar-refractivity contribution in [2.45, 2.75) is 33.4 Å². The molecule has 110 valence electrons. The van der Waals surface area contributed by atoms with Gasteiger partial charge in [-0.25, -0.2) is 0 Å². The number of carbonyl (C=O) groups excluding carboxylic acids is 1. The molecule has 0 bridgehead atoms. The number of rotatable bonds is 3. The number of para-hydroxylation sites is 1. The van der Waals surface area contributed by atoms with Crippen molar-refractivity contribution in [3.63, 3.8) is 0 Å². The van der Waals surface area contributed by atoms with Gasteiger partial charge in [-0.05, 0) is 31.0 Å². The molecule has 0 saturated carbocycles. The number of amides is 1. The van der Waals surface area contributed by atoms with Crippen LogP contribution in [0.25, 0.3) is 10.4 Å². The topological polar surface area (TPSA) is 38.3 Å². The van der Waals surface area contributed by atoms with Crippen LogP contribution in [0, 0.1) is 5.92 Å². The molecular formula is C17H19NO2S. The van der Waals surface area contributed by atoms with Crippen molar-refractivity contribution in [3.05, 3.63) is 40.8 Å². The van der Waals surface area contributed by atoms with E-state index in [0.29, 0.717) is 12.5 Å². The third-order valence-electron chi connectivity index (χ3n) is 3.91. The summed E-state index contributed by atoms with van der Waals surface area (Å²) in [4.78, 5) is 14.3. The predicted octanol–water partition coefficient (Wildman–Crippen LogP) is 4.08. The molecule has 3 rings (SSSR count). The quantitative estimate of drug-likeness (QED) is 0.927. The van der Waals surface area contributed by atoms with E-state index in [0.717, 1.165) is 26.6 Å². The number of carbonyl (C=O) groups is 1. The van der Waals surface area contributed by atoms with Crippen LogP contribution < -0.4 is 10.1 Å². The highest BCUT2D eigenvalue weighted by atomic mass is 32.1. The molecule has 1 aliphatic rings. The van der Waals surface area contributed by atoms with Crippen LogP contribution in [-0.2, 0) is 6.61 Å². The first-order chi connectivity index (χ1) is 10.1. The lowest BCUT2D eigenvalue weighted by molar-refractivity contribution is 0.0934. The van der Waals surface area contributed by atoms with Gasteiger partial charge in [0.15, 0.2) is 0 Å². The van der Waals surface area contributed by atoms with Crippen molar-refractivity contribution in [2.75, 3.05) is 0 Å². The fourth-order valence-corrected chi connectivity index (χ4v) is 3.36. The van der Waals surface area contributed by atoms with Gasteiger partial charge in [0.05, 0.1) is 4.88 Å². The molecule has 2 heterocycles. The fraction of sp³-hybridized carbons (Fsp3) is 0.353. The minimum Gasteiger partial charge on any atom is -0.488 e. The van der Waals surface area contributed by atoms with Crippen LogP contribution in [0.3, 0.4) is 0 Å². The van der Waals surface area contributed by atoms with Crippen LogP contribution in [0.1, 0.15) is 36.0 Å².